The summed E-state index contributed by atoms with van der Waals surface area (Å²) in [4.78, 5) is 12.9. The summed E-state index contributed by atoms with van der Waals surface area (Å²) in [6.07, 6.45) is 1.61. The van der Waals surface area contributed by atoms with Crippen LogP contribution >= 0.6 is 11.8 Å². The van der Waals surface area contributed by atoms with Gasteiger partial charge in [0.1, 0.15) is 5.75 Å². The van der Waals surface area contributed by atoms with Gasteiger partial charge in [-0.1, -0.05) is 25.6 Å². The lowest BCUT2D eigenvalue weighted by molar-refractivity contribution is -0.116. The standard InChI is InChI=1S/C20H24N4O3S/c1-5-24-18(16-7-6-12-27-16)22-23-20(24)28-17(13(2)3)19(25)21-14-8-10-15(26-4)11-9-14/h6-13,17H,5H2,1-4H3,(H,21,25). The van der Waals surface area contributed by atoms with Crippen molar-refractivity contribution in [3.63, 3.8) is 0 Å². The Morgan fingerprint density at radius 2 is 2.00 bits per heavy atom. The fourth-order valence-electron chi connectivity index (χ4n) is 2.74. The molecule has 0 bridgehead atoms. The fraction of sp³-hybridized carbons (Fsp3) is 0.350. The third kappa shape index (κ3) is 4.39. The maximum atomic E-state index is 12.9. The zero-order valence-electron chi connectivity index (χ0n) is 16.4. The van der Waals surface area contributed by atoms with Crippen LogP contribution in [-0.2, 0) is 11.3 Å². The summed E-state index contributed by atoms with van der Waals surface area (Å²) in [5.74, 6) is 2.10. The number of benzene rings is 1. The van der Waals surface area contributed by atoms with Gasteiger partial charge in [-0.3, -0.25) is 9.36 Å². The number of carbonyl (C=O) groups excluding carboxylic acids is 1. The second kappa shape index (κ2) is 8.97. The van der Waals surface area contributed by atoms with Crippen LogP contribution in [0.1, 0.15) is 20.8 Å². The SMILES string of the molecule is CCn1c(SC(C(=O)Nc2ccc(OC)cc2)C(C)C)nnc1-c1ccco1. The number of anilines is 1. The van der Waals surface area contributed by atoms with Crippen molar-refractivity contribution in [1.82, 2.24) is 14.8 Å². The van der Waals surface area contributed by atoms with Gasteiger partial charge in [0.05, 0.1) is 18.6 Å². The van der Waals surface area contributed by atoms with Gasteiger partial charge in [-0.05, 0) is 49.2 Å². The molecule has 0 aliphatic rings. The van der Waals surface area contributed by atoms with E-state index >= 15 is 0 Å². The second-order valence-electron chi connectivity index (χ2n) is 6.53. The first kappa shape index (κ1) is 20.0. The van der Waals surface area contributed by atoms with Crippen LogP contribution in [-0.4, -0.2) is 33.0 Å². The van der Waals surface area contributed by atoms with Gasteiger partial charge in [-0.25, -0.2) is 0 Å². The lowest BCUT2D eigenvalue weighted by atomic mass is 10.1. The van der Waals surface area contributed by atoms with Crippen LogP contribution in [0.4, 0.5) is 5.69 Å². The molecule has 2 aromatic heterocycles. The van der Waals surface area contributed by atoms with E-state index in [-0.39, 0.29) is 17.1 Å². The highest BCUT2D eigenvalue weighted by Crippen LogP contribution is 2.31. The first-order chi connectivity index (χ1) is 13.5. The van der Waals surface area contributed by atoms with E-state index in [1.165, 1.54) is 11.8 Å². The van der Waals surface area contributed by atoms with E-state index in [9.17, 15) is 4.79 Å². The van der Waals surface area contributed by atoms with E-state index in [1.54, 1.807) is 13.4 Å². The Kier molecular flexibility index (Phi) is 6.41. The van der Waals surface area contributed by atoms with E-state index in [2.05, 4.69) is 15.5 Å². The molecule has 2 heterocycles. The number of methoxy groups -OCH3 is 1. The number of ether oxygens (including phenoxy) is 1. The normalized spacial score (nSPS) is 12.2. The quantitative estimate of drug-likeness (QED) is 0.567. The molecule has 0 spiro atoms. The van der Waals surface area contributed by atoms with Crippen molar-refractivity contribution in [2.24, 2.45) is 5.92 Å². The summed E-state index contributed by atoms with van der Waals surface area (Å²) in [5, 5.41) is 11.9. The average Bonchev–Trinajstić information content (AvgIpc) is 3.35. The number of furan rings is 1. The molecule has 0 fully saturated rings. The van der Waals surface area contributed by atoms with Crippen molar-refractivity contribution in [1.29, 1.82) is 0 Å². The molecule has 7 nitrogen and oxygen atoms in total. The number of thioether (sulfide) groups is 1. The number of hydrogen-bond acceptors (Lipinski definition) is 6. The molecule has 148 valence electrons. The van der Waals surface area contributed by atoms with E-state index < -0.39 is 0 Å². The highest BCUT2D eigenvalue weighted by Gasteiger charge is 2.27. The number of carbonyl (C=O) groups is 1. The van der Waals surface area contributed by atoms with Crippen LogP contribution in [0.3, 0.4) is 0 Å². The molecule has 1 amide bonds. The first-order valence-corrected chi connectivity index (χ1v) is 10.00. The number of nitrogens with one attached hydrogen (secondary N) is 1. The fourth-order valence-corrected chi connectivity index (χ4v) is 3.84. The monoisotopic (exact) mass is 400 g/mol. The van der Waals surface area contributed by atoms with Crippen molar-refractivity contribution in [3.8, 4) is 17.3 Å². The Hall–Kier alpha value is -2.74. The maximum Gasteiger partial charge on any atom is 0.238 e. The number of hydrogen-bond donors (Lipinski definition) is 1. The molecule has 0 saturated heterocycles. The summed E-state index contributed by atoms with van der Waals surface area (Å²) >= 11 is 1.41. The molecular formula is C20H24N4O3S. The Balaban J connectivity index is 1.78. The van der Waals surface area contributed by atoms with Crippen LogP contribution in [0.25, 0.3) is 11.6 Å². The van der Waals surface area contributed by atoms with Gasteiger partial charge in [-0.15, -0.1) is 10.2 Å². The van der Waals surface area contributed by atoms with E-state index in [1.807, 2.05) is 61.7 Å². The zero-order chi connectivity index (χ0) is 20.1. The summed E-state index contributed by atoms with van der Waals surface area (Å²) in [6.45, 7) is 6.73. The Labute approximate surface area is 168 Å². The first-order valence-electron chi connectivity index (χ1n) is 9.12. The third-order valence-electron chi connectivity index (χ3n) is 4.23. The van der Waals surface area contributed by atoms with Crippen LogP contribution < -0.4 is 10.1 Å². The lowest BCUT2D eigenvalue weighted by Crippen LogP contribution is -2.30. The molecular weight excluding hydrogens is 376 g/mol. The van der Waals surface area contributed by atoms with Crippen LogP contribution in [0, 0.1) is 5.92 Å². The van der Waals surface area contributed by atoms with Gasteiger partial charge in [0.2, 0.25) is 5.91 Å². The minimum Gasteiger partial charge on any atom is -0.497 e. The smallest absolute Gasteiger partial charge is 0.238 e. The maximum absolute atomic E-state index is 12.9. The summed E-state index contributed by atoms with van der Waals surface area (Å²) in [5.41, 5.74) is 0.727. The van der Waals surface area contributed by atoms with Gasteiger partial charge in [0, 0.05) is 12.2 Å². The highest BCUT2D eigenvalue weighted by atomic mass is 32.2. The van der Waals surface area contributed by atoms with Crippen LogP contribution in [0.15, 0.2) is 52.2 Å². The van der Waals surface area contributed by atoms with Crippen molar-refractivity contribution >= 4 is 23.4 Å². The number of nitrogens with zero attached hydrogens (tertiary/aromatic N) is 3. The molecule has 3 aromatic rings. The minimum absolute atomic E-state index is 0.0737. The average molecular weight is 401 g/mol. The highest BCUT2D eigenvalue weighted by molar-refractivity contribution is 8.00. The molecule has 1 atom stereocenters. The van der Waals surface area contributed by atoms with Crippen molar-refractivity contribution in [2.75, 3.05) is 12.4 Å². The van der Waals surface area contributed by atoms with Gasteiger partial charge in [0.25, 0.3) is 0 Å². The van der Waals surface area contributed by atoms with E-state index in [4.69, 9.17) is 9.15 Å². The van der Waals surface area contributed by atoms with Crippen LogP contribution in [0.2, 0.25) is 0 Å². The van der Waals surface area contributed by atoms with Crippen molar-refractivity contribution in [3.05, 3.63) is 42.7 Å². The zero-order valence-corrected chi connectivity index (χ0v) is 17.2. The van der Waals surface area contributed by atoms with Gasteiger partial charge in [0.15, 0.2) is 16.7 Å². The largest absolute Gasteiger partial charge is 0.497 e. The molecule has 1 aromatic carbocycles. The molecule has 1 N–H and O–H groups in total. The molecule has 28 heavy (non-hydrogen) atoms. The predicted octanol–water partition coefficient (Wildman–Crippen LogP) is 4.32. The minimum atomic E-state index is -0.318. The summed E-state index contributed by atoms with van der Waals surface area (Å²) < 4.78 is 12.6. The third-order valence-corrected chi connectivity index (χ3v) is 5.75. The molecule has 0 saturated carbocycles. The molecule has 3 rings (SSSR count). The van der Waals surface area contributed by atoms with Gasteiger partial charge >= 0.3 is 0 Å². The van der Waals surface area contributed by atoms with Crippen LogP contribution in [0.5, 0.6) is 5.75 Å². The summed E-state index contributed by atoms with van der Waals surface area (Å²) in [6, 6.07) is 10.9. The van der Waals surface area contributed by atoms with Crippen molar-refractivity contribution < 1.29 is 13.9 Å². The topological polar surface area (TPSA) is 82.2 Å². The number of amides is 1. The predicted molar refractivity (Wildman–Crippen MR) is 110 cm³/mol. The number of aromatic nitrogens is 3. The second-order valence-corrected chi connectivity index (χ2v) is 7.64. The van der Waals surface area contributed by atoms with E-state index in [0.717, 1.165) is 11.4 Å². The van der Waals surface area contributed by atoms with E-state index in [0.29, 0.717) is 23.3 Å². The molecule has 0 radical (unpaired) electrons. The lowest BCUT2D eigenvalue weighted by Gasteiger charge is -2.19. The number of rotatable bonds is 8. The van der Waals surface area contributed by atoms with Gasteiger partial charge in [-0.2, -0.15) is 0 Å². The molecule has 1 unspecified atom stereocenters. The molecule has 0 aliphatic heterocycles. The summed E-state index contributed by atoms with van der Waals surface area (Å²) in [7, 11) is 1.61. The Morgan fingerprint density at radius 1 is 1.25 bits per heavy atom. The van der Waals surface area contributed by atoms with Crippen molar-refractivity contribution in [2.45, 2.75) is 37.7 Å². The molecule has 8 heteroatoms. The van der Waals surface area contributed by atoms with Gasteiger partial charge < -0.3 is 14.5 Å². The Bertz CT molecular complexity index is 904. The molecule has 0 aliphatic carbocycles. The Morgan fingerprint density at radius 3 is 2.57 bits per heavy atom.